The summed E-state index contributed by atoms with van der Waals surface area (Å²) in [6.45, 7) is 3.12. The minimum Gasteiger partial charge on any atom is -0.307 e. The molecule has 1 N–H and O–H groups in total. The second-order valence-electron chi connectivity index (χ2n) is 3.60. The average molecular weight is 343 g/mol. The van der Waals surface area contributed by atoms with Crippen molar-refractivity contribution in [2.45, 2.75) is 13.0 Å². The van der Waals surface area contributed by atoms with E-state index in [0.29, 0.717) is 6.04 Å². The van der Waals surface area contributed by atoms with Crippen LogP contribution >= 0.6 is 33.9 Å². The van der Waals surface area contributed by atoms with Crippen LogP contribution in [0.25, 0.3) is 0 Å². The summed E-state index contributed by atoms with van der Waals surface area (Å²) in [6.07, 6.45) is 0. The molecule has 0 aliphatic rings. The Bertz CT molecular complexity index is 439. The highest BCUT2D eigenvalue weighted by Gasteiger charge is 2.12. The zero-order valence-corrected chi connectivity index (χ0v) is 12.1. The van der Waals surface area contributed by atoms with Gasteiger partial charge in [0, 0.05) is 3.57 Å². The van der Waals surface area contributed by atoms with E-state index in [4.69, 9.17) is 0 Å². The highest BCUT2D eigenvalue weighted by Crippen LogP contribution is 2.25. The number of benzene rings is 1. The summed E-state index contributed by atoms with van der Waals surface area (Å²) in [5, 5.41) is 7.88. The van der Waals surface area contributed by atoms with E-state index in [1.807, 2.05) is 0 Å². The van der Waals surface area contributed by atoms with Gasteiger partial charge in [0.15, 0.2) is 0 Å². The number of hydrogen-bond acceptors (Lipinski definition) is 2. The van der Waals surface area contributed by atoms with Crippen LogP contribution in [0.5, 0.6) is 0 Å². The van der Waals surface area contributed by atoms with E-state index >= 15 is 0 Å². The molecular formula is C13H14INS. The lowest BCUT2D eigenvalue weighted by molar-refractivity contribution is 0.632. The third-order valence-corrected chi connectivity index (χ3v) is 3.84. The fourth-order valence-electron chi connectivity index (χ4n) is 1.76. The minimum absolute atomic E-state index is 0.325. The molecule has 1 nitrogen and oxygen atoms in total. The topological polar surface area (TPSA) is 12.0 Å². The first-order valence-electron chi connectivity index (χ1n) is 5.32. The molecule has 0 bridgehead atoms. The van der Waals surface area contributed by atoms with Crippen LogP contribution in [0.3, 0.4) is 0 Å². The highest BCUT2D eigenvalue weighted by atomic mass is 127. The first-order valence-corrected chi connectivity index (χ1v) is 7.34. The lowest BCUT2D eigenvalue weighted by atomic mass is 10.0. The first kappa shape index (κ1) is 12.1. The molecule has 16 heavy (non-hydrogen) atoms. The third kappa shape index (κ3) is 2.84. The quantitative estimate of drug-likeness (QED) is 0.826. The molecule has 2 aromatic rings. The summed E-state index contributed by atoms with van der Waals surface area (Å²) in [5.74, 6) is 0. The van der Waals surface area contributed by atoms with Crippen molar-refractivity contribution in [1.29, 1.82) is 0 Å². The van der Waals surface area contributed by atoms with Crippen LogP contribution in [0.1, 0.15) is 24.1 Å². The van der Waals surface area contributed by atoms with Crippen molar-refractivity contribution in [3.8, 4) is 0 Å². The largest absolute Gasteiger partial charge is 0.307 e. The second kappa shape index (κ2) is 5.80. The maximum Gasteiger partial charge on any atom is 0.0585 e. The third-order valence-electron chi connectivity index (χ3n) is 2.47. The molecule has 0 saturated heterocycles. The number of hydrogen-bond donors (Lipinski definition) is 1. The molecule has 0 amide bonds. The van der Waals surface area contributed by atoms with Gasteiger partial charge in [-0.25, -0.2) is 0 Å². The second-order valence-corrected chi connectivity index (χ2v) is 5.63. The highest BCUT2D eigenvalue weighted by molar-refractivity contribution is 14.1. The number of rotatable bonds is 4. The van der Waals surface area contributed by atoms with Crippen molar-refractivity contribution in [3.05, 3.63) is 55.8 Å². The molecule has 0 radical (unpaired) electrons. The molecule has 1 heterocycles. The fourth-order valence-corrected chi connectivity index (χ4v) is 3.01. The van der Waals surface area contributed by atoms with Crippen molar-refractivity contribution in [1.82, 2.24) is 5.32 Å². The molecule has 3 heteroatoms. The minimum atomic E-state index is 0.325. The van der Waals surface area contributed by atoms with Crippen molar-refractivity contribution in [2.24, 2.45) is 0 Å². The van der Waals surface area contributed by atoms with Gasteiger partial charge in [-0.3, -0.25) is 0 Å². The molecule has 1 atom stereocenters. The van der Waals surface area contributed by atoms with Crippen LogP contribution in [-0.4, -0.2) is 6.54 Å². The molecule has 1 aromatic carbocycles. The van der Waals surface area contributed by atoms with E-state index in [-0.39, 0.29) is 0 Å². The molecule has 0 aliphatic carbocycles. The van der Waals surface area contributed by atoms with E-state index < -0.39 is 0 Å². The number of nitrogens with one attached hydrogen (secondary N) is 1. The zero-order chi connectivity index (χ0) is 11.4. The van der Waals surface area contributed by atoms with Crippen LogP contribution < -0.4 is 5.32 Å². The van der Waals surface area contributed by atoms with E-state index in [2.05, 4.69) is 75.9 Å². The van der Waals surface area contributed by atoms with Crippen molar-refractivity contribution >= 4 is 33.9 Å². The van der Waals surface area contributed by atoms with Crippen molar-refractivity contribution in [2.75, 3.05) is 6.54 Å². The van der Waals surface area contributed by atoms with Gasteiger partial charge in [-0.1, -0.05) is 19.1 Å². The Hall–Kier alpha value is -0.390. The van der Waals surface area contributed by atoms with Crippen molar-refractivity contribution in [3.63, 3.8) is 0 Å². The molecule has 0 saturated carbocycles. The summed E-state index contributed by atoms with van der Waals surface area (Å²) in [5.41, 5.74) is 2.70. The Balaban J connectivity index is 2.33. The maximum atomic E-state index is 3.53. The standard InChI is InChI=1S/C13H14INS/c1-2-15-13(11-6-7-16-9-11)10-4-3-5-12(14)8-10/h3-9,13,15H,2H2,1H3. The normalized spacial score (nSPS) is 12.6. The lowest BCUT2D eigenvalue weighted by Crippen LogP contribution is -2.21. The molecule has 0 spiro atoms. The molecule has 0 fully saturated rings. The summed E-state index contributed by atoms with van der Waals surface area (Å²) in [6, 6.07) is 11.2. The lowest BCUT2D eigenvalue weighted by Gasteiger charge is -2.17. The molecule has 2 rings (SSSR count). The summed E-state index contributed by atoms with van der Waals surface area (Å²) >= 11 is 4.11. The van der Waals surface area contributed by atoms with Crippen LogP contribution in [0.15, 0.2) is 41.1 Å². The van der Waals surface area contributed by atoms with Crippen LogP contribution in [0, 0.1) is 3.57 Å². The van der Waals surface area contributed by atoms with Crippen LogP contribution in [-0.2, 0) is 0 Å². The molecule has 1 unspecified atom stereocenters. The van der Waals surface area contributed by atoms with Gasteiger partial charge in [-0.15, -0.1) is 0 Å². The molecular weight excluding hydrogens is 329 g/mol. The number of thiophene rings is 1. The Morgan fingerprint density at radius 3 is 2.81 bits per heavy atom. The predicted molar refractivity (Wildman–Crippen MR) is 79.0 cm³/mol. The van der Waals surface area contributed by atoms with Gasteiger partial charge in [-0.2, -0.15) is 11.3 Å². The Labute approximate surface area is 114 Å². The van der Waals surface area contributed by atoms with Gasteiger partial charge < -0.3 is 5.32 Å². The predicted octanol–water partition coefficient (Wildman–Crippen LogP) is 4.05. The molecule has 1 aromatic heterocycles. The van der Waals surface area contributed by atoms with Crippen LogP contribution in [0.4, 0.5) is 0 Å². The monoisotopic (exact) mass is 343 g/mol. The van der Waals surface area contributed by atoms with Gasteiger partial charge in [0.25, 0.3) is 0 Å². The van der Waals surface area contributed by atoms with Crippen molar-refractivity contribution < 1.29 is 0 Å². The van der Waals surface area contributed by atoms with Gasteiger partial charge in [0.05, 0.1) is 6.04 Å². The summed E-state index contributed by atoms with van der Waals surface area (Å²) < 4.78 is 1.29. The molecule has 0 aliphatic heterocycles. The Morgan fingerprint density at radius 2 is 2.19 bits per heavy atom. The fraction of sp³-hybridized carbons (Fsp3) is 0.231. The van der Waals surface area contributed by atoms with Gasteiger partial charge in [0.2, 0.25) is 0 Å². The first-order chi connectivity index (χ1) is 7.81. The maximum absolute atomic E-state index is 3.53. The smallest absolute Gasteiger partial charge is 0.0585 e. The van der Waals surface area contributed by atoms with Gasteiger partial charge in [0.1, 0.15) is 0 Å². The zero-order valence-electron chi connectivity index (χ0n) is 9.11. The van der Waals surface area contributed by atoms with Crippen LogP contribution in [0.2, 0.25) is 0 Å². The van der Waals surface area contributed by atoms with Gasteiger partial charge in [-0.05, 0) is 69.2 Å². The van der Waals surface area contributed by atoms with E-state index in [1.54, 1.807) is 11.3 Å². The molecule has 84 valence electrons. The Morgan fingerprint density at radius 1 is 1.31 bits per heavy atom. The SMILES string of the molecule is CCNC(c1ccsc1)c1cccc(I)c1. The van der Waals surface area contributed by atoms with E-state index in [1.165, 1.54) is 14.7 Å². The van der Waals surface area contributed by atoms with E-state index in [9.17, 15) is 0 Å². The summed E-state index contributed by atoms with van der Waals surface area (Å²) in [4.78, 5) is 0. The van der Waals surface area contributed by atoms with E-state index in [0.717, 1.165) is 6.54 Å². The van der Waals surface area contributed by atoms with Gasteiger partial charge >= 0.3 is 0 Å². The summed E-state index contributed by atoms with van der Waals surface area (Å²) in [7, 11) is 0. The number of halogens is 1. The Kier molecular flexibility index (Phi) is 4.37. The average Bonchev–Trinajstić information content (AvgIpc) is 2.79.